The van der Waals surface area contributed by atoms with E-state index in [1.807, 2.05) is 7.05 Å². The molecule has 0 saturated heterocycles. The monoisotopic (exact) mass is 141 g/mol. The van der Waals surface area contributed by atoms with Crippen molar-refractivity contribution in [2.24, 2.45) is 0 Å². The largest absolute Gasteiger partial charge is 0.325 e. The SMILES string of the molecule is CNCCn1cc[nH]c1=O. The lowest BCUT2D eigenvalue weighted by Gasteiger charge is -1.97. The molecule has 4 heteroatoms. The van der Waals surface area contributed by atoms with Crippen LogP contribution in [0.25, 0.3) is 0 Å². The van der Waals surface area contributed by atoms with Gasteiger partial charge in [0.1, 0.15) is 0 Å². The Morgan fingerprint density at radius 3 is 3.10 bits per heavy atom. The highest BCUT2D eigenvalue weighted by molar-refractivity contribution is 4.75. The molecular formula is C6H11N3O. The van der Waals surface area contributed by atoms with Gasteiger partial charge in [0, 0.05) is 25.5 Å². The molecule has 10 heavy (non-hydrogen) atoms. The van der Waals surface area contributed by atoms with Crippen LogP contribution in [0.5, 0.6) is 0 Å². The molecule has 0 bridgehead atoms. The van der Waals surface area contributed by atoms with Crippen LogP contribution in [0.1, 0.15) is 0 Å². The highest BCUT2D eigenvalue weighted by Crippen LogP contribution is 1.75. The van der Waals surface area contributed by atoms with Crippen LogP contribution in [-0.4, -0.2) is 23.1 Å². The van der Waals surface area contributed by atoms with Crippen molar-refractivity contribution < 1.29 is 0 Å². The summed E-state index contributed by atoms with van der Waals surface area (Å²) in [5.74, 6) is 0. The highest BCUT2D eigenvalue weighted by Gasteiger charge is 1.91. The van der Waals surface area contributed by atoms with E-state index >= 15 is 0 Å². The van der Waals surface area contributed by atoms with E-state index in [4.69, 9.17) is 0 Å². The maximum absolute atomic E-state index is 10.8. The first kappa shape index (κ1) is 7.08. The van der Waals surface area contributed by atoms with Crippen LogP contribution in [-0.2, 0) is 6.54 Å². The lowest BCUT2D eigenvalue weighted by molar-refractivity contribution is 0.628. The zero-order valence-corrected chi connectivity index (χ0v) is 5.92. The fraction of sp³-hybridized carbons (Fsp3) is 0.500. The summed E-state index contributed by atoms with van der Waals surface area (Å²) in [6, 6.07) is 0. The number of H-pyrrole nitrogens is 1. The van der Waals surface area contributed by atoms with Crippen LogP contribution in [0.2, 0.25) is 0 Å². The van der Waals surface area contributed by atoms with E-state index in [0.29, 0.717) is 0 Å². The molecule has 4 nitrogen and oxygen atoms in total. The van der Waals surface area contributed by atoms with E-state index in [1.54, 1.807) is 17.0 Å². The van der Waals surface area contributed by atoms with Crippen LogP contribution in [0.3, 0.4) is 0 Å². The quantitative estimate of drug-likeness (QED) is 0.590. The first-order valence-corrected chi connectivity index (χ1v) is 3.23. The molecule has 1 aromatic rings. The van der Waals surface area contributed by atoms with E-state index in [2.05, 4.69) is 10.3 Å². The van der Waals surface area contributed by atoms with E-state index in [0.717, 1.165) is 13.1 Å². The molecule has 0 saturated carbocycles. The molecule has 56 valence electrons. The summed E-state index contributed by atoms with van der Waals surface area (Å²) in [6.07, 6.45) is 3.37. The summed E-state index contributed by atoms with van der Waals surface area (Å²) < 4.78 is 1.62. The van der Waals surface area contributed by atoms with Crippen molar-refractivity contribution in [1.82, 2.24) is 14.9 Å². The topological polar surface area (TPSA) is 49.8 Å². The van der Waals surface area contributed by atoms with Gasteiger partial charge in [0.2, 0.25) is 0 Å². The van der Waals surface area contributed by atoms with Gasteiger partial charge < -0.3 is 10.3 Å². The Kier molecular flexibility index (Phi) is 2.28. The van der Waals surface area contributed by atoms with Crippen LogP contribution in [0.15, 0.2) is 17.2 Å². The Labute approximate surface area is 58.9 Å². The zero-order chi connectivity index (χ0) is 7.40. The smallest absolute Gasteiger partial charge is 0.318 e. The highest BCUT2D eigenvalue weighted by atomic mass is 16.1. The van der Waals surface area contributed by atoms with E-state index < -0.39 is 0 Å². The molecule has 2 N–H and O–H groups in total. The van der Waals surface area contributed by atoms with E-state index in [9.17, 15) is 4.79 Å². The van der Waals surface area contributed by atoms with Gasteiger partial charge in [0.25, 0.3) is 0 Å². The average molecular weight is 141 g/mol. The molecule has 0 aromatic carbocycles. The minimum absolute atomic E-state index is 0.0461. The van der Waals surface area contributed by atoms with Crippen molar-refractivity contribution in [2.45, 2.75) is 6.54 Å². The molecule has 0 aliphatic carbocycles. The Morgan fingerprint density at radius 1 is 1.80 bits per heavy atom. The molecule has 0 aliphatic heterocycles. The second-order valence-electron chi connectivity index (χ2n) is 2.06. The molecular weight excluding hydrogens is 130 g/mol. The number of nitrogens with zero attached hydrogens (tertiary/aromatic N) is 1. The number of aromatic nitrogens is 2. The predicted octanol–water partition coefficient (Wildman–Crippen LogP) is -0.604. The average Bonchev–Trinajstić information content (AvgIpc) is 2.31. The fourth-order valence-corrected chi connectivity index (χ4v) is 0.757. The van der Waals surface area contributed by atoms with Gasteiger partial charge in [-0.2, -0.15) is 0 Å². The Morgan fingerprint density at radius 2 is 2.60 bits per heavy atom. The minimum atomic E-state index is -0.0461. The summed E-state index contributed by atoms with van der Waals surface area (Å²) in [6.45, 7) is 1.54. The second-order valence-corrected chi connectivity index (χ2v) is 2.06. The van der Waals surface area contributed by atoms with E-state index in [-0.39, 0.29) is 5.69 Å². The van der Waals surface area contributed by atoms with Crippen molar-refractivity contribution in [1.29, 1.82) is 0 Å². The number of hydrogen-bond acceptors (Lipinski definition) is 2. The van der Waals surface area contributed by atoms with Crippen LogP contribution < -0.4 is 11.0 Å². The molecule has 1 heterocycles. The maximum atomic E-state index is 10.8. The van der Waals surface area contributed by atoms with Crippen molar-refractivity contribution in [3.8, 4) is 0 Å². The number of hydrogen-bond donors (Lipinski definition) is 2. The number of imidazole rings is 1. The predicted molar refractivity (Wildman–Crippen MR) is 39.0 cm³/mol. The first-order valence-electron chi connectivity index (χ1n) is 3.23. The Balaban J connectivity index is 2.57. The van der Waals surface area contributed by atoms with Gasteiger partial charge >= 0.3 is 5.69 Å². The molecule has 1 aromatic heterocycles. The zero-order valence-electron chi connectivity index (χ0n) is 5.92. The molecule has 0 atom stereocenters. The van der Waals surface area contributed by atoms with Crippen LogP contribution in [0, 0.1) is 0 Å². The minimum Gasteiger partial charge on any atom is -0.318 e. The van der Waals surface area contributed by atoms with Crippen molar-refractivity contribution in [3.63, 3.8) is 0 Å². The molecule has 0 radical (unpaired) electrons. The second kappa shape index (κ2) is 3.22. The lowest BCUT2D eigenvalue weighted by Crippen LogP contribution is -2.22. The third-order valence-corrected chi connectivity index (χ3v) is 1.32. The summed E-state index contributed by atoms with van der Waals surface area (Å²) in [7, 11) is 1.86. The summed E-state index contributed by atoms with van der Waals surface area (Å²) in [5.41, 5.74) is -0.0461. The number of rotatable bonds is 3. The Hall–Kier alpha value is -1.03. The summed E-state index contributed by atoms with van der Waals surface area (Å²) >= 11 is 0. The van der Waals surface area contributed by atoms with Gasteiger partial charge in [-0.3, -0.25) is 4.57 Å². The van der Waals surface area contributed by atoms with Crippen molar-refractivity contribution in [2.75, 3.05) is 13.6 Å². The van der Waals surface area contributed by atoms with Gasteiger partial charge in [-0.05, 0) is 7.05 Å². The fourth-order valence-electron chi connectivity index (χ4n) is 0.757. The molecule has 0 aliphatic rings. The van der Waals surface area contributed by atoms with Crippen LogP contribution in [0.4, 0.5) is 0 Å². The molecule has 1 rings (SSSR count). The third kappa shape index (κ3) is 1.48. The van der Waals surface area contributed by atoms with Gasteiger partial charge in [0.15, 0.2) is 0 Å². The summed E-state index contributed by atoms with van der Waals surface area (Å²) in [5, 5.41) is 2.96. The molecule has 0 unspecified atom stereocenters. The molecule has 0 spiro atoms. The summed E-state index contributed by atoms with van der Waals surface area (Å²) in [4.78, 5) is 13.4. The number of aromatic amines is 1. The van der Waals surface area contributed by atoms with Crippen molar-refractivity contribution >= 4 is 0 Å². The Bertz CT molecular complexity index is 237. The number of likely N-dealkylation sites (N-methyl/N-ethyl adjacent to an activating group) is 1. The van der Waals surface area contributed by atoms with Crippen molar-refractivity contribution in [3.05, 3.63) is 22.9 Å². The van der Waals surface area contributed by atoms with Crippen LogP contribution >= 0.6 is 0 Å². The third-order valence-electron chi connectivity index (χ3n) is 1.32. The molecule has 0 amide bonds. The normalized spacial score (nSPS) is 10.1. The van der Waals surface area contributed by atoms with Gasteiger partial charge in [0.05, 0.1) is 0 Å². The number of nitrogens with one attached hydrogen (secondary N) is 2. The maximum Gasteiger partial charge on any atom is 0.325 e. The van der Waals surface area contributed by atoms with Gasteiger partial charge in [-0.25, -0.2) is 4.79 Å². The first-order chi connectivity index (χ1) is 4.84. The van der Waals surface area contributed by atoms with Gasteiger partial charge in [-0.15, -0.1) is 0 Å². The lowest BCUT2D eigenvalue weighted by atomic mass is 10.6. The van der Waals surface area contributed by atoms with E-state index in [1.165, 1.54) is 0 Å². The van der Waals surface area contributed by atoms with Gasteiger partial charge in [-0.1, -0.05) is 0 Å². The standard InChI is InChI=1S/C6H11N3O/c1-7-2-4-9-5-3-8-6(9)10/h3,5,7H,2,4H2,1H3,(H,8,10). The molecule has 0 fully saturated rings.